The van der Waals surface area contributed by atoms with Crippen LogP contribution in [0.25, 0.3) is 0 Å². The van der Waals surface area contributed by atoms with Crippen LogP contribution in [0.3, 0.4) is 0 Å². The van der Waals surface area contributed by atoms with Crippen LogP contribution in [0.2, 0.25) is 0 Å². The molecule has 0 fully saturated rings. The average molecular weight is 276 g/mol. The number of nitrogen functional groups attached to an aromatic ring is 1. The van der Waals surface area contributed by atoms with Crippen molar-refractivity contribution >= 4 is 5.82 Å². The Labute approximate surface area is 123 Å². The minimum atomic E-state index is 0.0618. The van der Waals surface area contributed by atoms with Crippen LogP contribution in [0, 0.1) is 0 Å². The average Bonchev–Trinajstić information content (AvgIpc) is 2.58. The fourth-order valence-corrected chi connectivity index (χ4v) is 2.40. The summed E-state index contributed by atoms with van der Waals surface area (Å²) < 4.78 is 0. The molecule has 0 radical (unpaired) electrons. The van der Waals surface area contributed by atoms with Crippen LogP contribution in [0.15, 0.2) is 72.8 Å². The topological polar surface area (TPSA) is 63.8 Å². The highest BCUT2D eigenvalue weighted by atomic mass is 15.3. The summed E-state index contributed by atoms with van der Waals surface area (Å²) in [5.74, 6) is 5.96. The zero-order chi connectivity index (χ0) is 14.5. The minimum absolute atomic E-state index is 0.0618. The molecule has 0 aliphatic carbocycles. The van der Waals surface area contributed by atoms with Crippen LogP contribution in [0.4, 0.5) is 5.82 Å². The fraction of sp³-hybridized carbons (Fsp3) is 0.0588. The van der Waals surface area contributed by atoms with Crippen molar-refractivity contribution in [1.29, 1.82) is 0 Å². The summed E-state index contributed by atoms with van der Waals surface area (Å²) in [6, 6.07) is 24.4. The van der Waals surface area contributed by atoms with E-state index in [1.807, 2.05) is 48.5 Å². The van der Waals surface area contributed by atoms with Gasteiger partial charge in [-0.15, -0.1) is 5.10 Å². The summed E-state index contributed by atoms with van der Waals surface area (Å²) in [4.78, 5) is 0. The van der Waals surface area contributed by atoms with E-state index in [9.17, 15) is 0 Å². The van der Waals surface area contributed by atoms with Gasteiger partial charge in [-0.25, -0.2) is 5.84 Å². The molecule has 0 aliphatic rings. The van der Waals surface area contributed by atoms with Crippen LogP contribution < -0.4 is 11.3 Å². The number of aromatic nitrogens is 2. The molecule has 0 atom stereocenters. The number of hydrogen-bond donors (Lipinski definition) is 2. The molecule has 0 aliphatic heterocycles. The van der Waals surface area contributed by atoms with E-state index in [4.69, 9.17) is 5.84 Å². The molecule has 3 rings (SSSR count). The van der Waals surface area contributed by atoms with E-state index < -0.39 is 0 Å². The molecule has 21 heavy (non-hydrogen) atoms. The third-order valence-electron chi connectivity index (χ3n) is 3.39. The quantitative estimate of drug-likeness (QED) is 0.568. The van der Waals surface area contributed by atoms with Gasteiger partial charge in [0.2, 0.25) is 0 Å². The normalized spacial score (nSPS) is 10.6. The maximum atomic E-state index is 5.35. The van der Waals surface area contributed by atoms with Crippen molar-refractivity contribution in [2.75, 3.05) is 5.43 Å². The maximum Gasteiger partial charge on any atom is 0.162 e. The molecule has 2 aromatic carbocycles. The Morgan fingerprint density at radius 1 is 0.714 bits per heavy atom. The summed E-state index contributed by atoms with van der Waals surface area (Å²) in [6.07, 6.45) is 0. The first-order valence-corrected chi connectivity index (χ1v) is 6.78. The summed E-state index contributed by atoms with van der Waals surface area (Å²) in [7, 11) is 0. The molecular formula is C17H16N4. The molecule has 0 amide bonds. The first kappa shape index (κ1) is 13.3. The maximum absolute atomic E-state index is 5.35. The smallest absolute Gasteiger partial charge is 0.162 e. The Morgan fingerprint density at radius 2 is 1.29 bits per heavy atom. The number of hydrazine groups is 1. The lowest BCUT2D eigenvalue weighted by atomic mass is 9.88. The van der Waals surface area contributed by atoms with Gasteiger partial charge >= 0.3 is 0 Å². The number of nitrogens with zero attached hydrogens (tertiary/aromatic N) is 2. The number of anilines is 1. The standard InChI is InChI=1S/C17H16N4/c18-19-16-12-11-15(20-21-16)17(13-7-3-1-4-8-13)14-9-5-2-6-10-14/h1-12,17H,18H2,(H,19,21). The largest absolute Gasteiger partial charge is 0.307 e. The van der Waals surface area contributed by atoms with E-state index in [-0.39, 0.29) is 5.92 Å². The van der Waals surface area contributed by atoms with Crippen molar-refractivity contribution in [3.63, 3.8) is 0 Å². The molecule has 4 heteroatoms. The number of benzene rings is 2. The van der Waals surface area contributed by atoms with Gasteiger partial charge in [-0.05, 0) is 23.3 Å². The molecule has 0 saturated carbocycles. The second-order valence-corrected chi connectivity index (χ2v) is 4.74. The molecule has 0 spiro atoms. The van der Waals surface area contributed by atoms with Gasteiger partial charge in [0.15, 0.2) is 5.82 Å². The fourth-order valence-electron chi connectivity index (χ4n) is 2.40. The van der Waals surface area contributed by atoms with Crippen molar-refractivity contribution in [3.05, 3.63) is 89.6 Å². The van der Waals surface area contributed by atoms with Gasteiger partial charge in [0.25, 0.3) is 0 Å². The van der Waals surface area contributed by atoms with Crippen LogP contribution in [-0.4, -0.2) is 10.2 Å². The van der Waals surface area contributed by atoms with Crippen LogP contribution in [0.1, 0.15) is 22.7 Å². The van der Waals surface area contributed by atoms with Gasteiger partial charge in [0, 0.05) is 0 Å². The van der Waals surface area contributed by atoms with Gasteiger partial charge in [-0.3, -0.25) is 0 Å². The van der Waals surface area contributed by atoms with Gasteiger partial charge in [0.05, 0.1) is 11.6 Å². The first-order valence-electron chi connectivity index (χ1n) is 6.78. The second-order valence-electron chi connectivity index (χ2n) is 4.74. The Hall–Kier alpha value is -2.72. The van der Waals surface area contributed by atoms with Crippen LogP contribution >= 0.6 is 0 Å². The molecule has 1 heterocycles. The number of rotatable bonds is 4. The van der Waals surface area contributed by atoms with Crippen LogP contribution in [-0.2, 0) is 0 Å². The lowest BCUT2D eigenvalue weighted by Crippen LogP contribution is -2.11. The van der Waals surface area contributed by atoms with Crippen molar-refractivity contribution in [1.82, 2.24) is 10.2 Å². The molecule has 0 bridgehead atoms. The van der Waals surface area contributed by atoms with E-state index in [1.165, 1.54) is 11.1 Å². The summed E-state index contributed by atoms with van der Waals surface area (Å²) in [6.45, 7) is 0. The van der Waals surface area contributed by atoms with E-state index >= 15 is 0 Å². The number of hydrogen-bond acceptors (Lipinski definition) is 4. The molecular weight excluding hydrogens is 260 g/mol. The second kappa shape index (κ2) is 6.15. The predicted molar refractivity (Wildman–Crippen MR) is 83.7 cm³/mol. The third kappa shape index (κ3) is 2.90. The molecule has 3 aromatic rings. The molecule has 0 unspecified atom stereocenters. The highest BCUT2D eigenvalue weighted by Crippen LogP contribution is 2.30. The Bertz CT molecular complexity index is 642. The highest BCUT2D eigenvalue weighted by molar-refractivity contribution is 5.41. The molecule has 104 valence electrons. The van der Waals surface area contributed by atoms with Gasteiger partial charge in [-0.1, -0.05) is 60.7 Å². The van der Waals surface area contributed by atoms with Crippen molar-refractivity contribution < 1.29 is 0 Å². The SMILES string of the molecule is NNc1ccc(C(c2ccccc2)c2ccccc2)nn1. The van der Waals surface area contributed by atoms with Crippen molar-refractivity contribution in [2.45, 2.75) is 5.92 Å². The summed E-state index contributed by atoms with van der Waals surface area (Å²) in [5.41, 5.74) is 5.77. The van der Waals surface area contributed by atoms with Crippen molar-refractivity contribution in [2.24, 2.45) is 5.84 Å². The van der Waals surface area contributed by atoms with Gasteiger partial charge < -0.3 is 5.43 Å². The first-order chi connectivity index (χ1) is 10.4. The van der Waals surface area contributed by atoms with Crippen molar-refractivity contribution in [3.8, 4) is 0 Å². The van der Waals surface area contributed by atoms with Crippen LogP contribution in [0.5, 0.6) is 0 Å². The Kier molecular flexibility index (Phi) is 3.89. The lowest BCUT2D eigenvalue weighted by molar-refractivity contribution is 0.856. The molecule has 3 N–H and O–H groups in total. The minimum Gasteiger partial charge on any atom is -0.307 e. The zero-order valence-corrected chi connectivity index (χ0v) is 11.5. The number of nitrogens with one attached hydrogen (secondary N) is 1. The zero-order valence-electron chi connectivity index (χ0n) is 11.5. The number of nitrogens with two attached hydrogens (primary N) is 1. The summed E-state index contributed by atoms with van der Waals surface area (Å²) >= 11 is 0. The van der Waals surface area contributed by atoms with E-state index in [0.29, 0.717) is 5.82 Å². The van der Waals surface area contributed by atoms with E-state index in [2.05, 4.69) is 39.9 Å². The Balaban J connectivity index is 2.07. The molecule has 1 aromatic heterocycles. The lowest BCUT2D eigenvalue weighted by Gasteiger charge is -2.17. The third-order valence-corrected chi connectivity index (χ3v) is 3.39. The molecule has 0 saturated heterocycles. The predicted octanol–water partition coefficient (Wildman–Crippen LogP) is 2.94. The highest BCUT2D eigenvalue weighted by Gasteiger charge is 2.18. The van der Waals surface area contributed by atoms with E-state index in [1.54, 1.807) is 0 Å². The van der Waals surface area contributed by atoms with Gasteiger partial charge in [0.1, 0.15) is 0 Å². The Morgan fingerprint density at radius 3 is 1.71 bits per heavy atom. The monoisotopic (exact) mass is 276 g/mol. The summed E-state index contributed by atoms with van der Waals surface area (Å²) in [5, 5.41) is 8.39. The molecule has 4 nitrogen and oxygen atoms in total. The van der Waals surface area contributed by atoms with E-state index in [0.717, 1.165) is 5.69 Å². The van der Waals surface area contributed by atoms with Gasteiger partial charge in [-0.2, -0.15) is 5.10 Å².